The van der Waals surface area contributed by atoms with Gasteiger partial charge in [-0.2, -0.15) is 8.78 Å². The Labute approximate surface area is 133 Å². The van der Waals surface area contributed by atoms with Crippen LogP contribution in [0, 0.1) is 0 Å². The van der Waals surface area contributed by atoms with E-state index in [4.69, 9.17) is 4.74 Å². The van der Waals surface area contributed by atoms with E-state index in [-0.39, 0.29) is 17.8 Å². The number of carbonyl (C=O) groups excluding carboxylic acids is 1. The number of aryl methyl sites for hydroxylation is 1. The summed E-state index contributed by atoms with van der Waals surface area (Å²) in [5, 5.41) is 3.05. The summed E-state index contributed by atoms with van der Waals surface area (Å²) in [6.45, 7) is -0.529. The first-order valence-corrected chi connectivity index (χ1v) is 7.84. The van der Waals surface area contributed by atoms with Gasteiger partial charge in [0.15, 0.2) is 0 Å². The third-order valence-corrected chi connectivity index (χ3v) is 4.25. The van der Waals surface area contributed by atoms with Gasteiger partial charge in [-0.15, -0.1) is 0 Å². The van der Waals surface area contributed by atoms with Gasteiger partial charge in [-0.1, -0.05) is 6.07 Å². The van der Waals surface area contributed by atoms with Gasteiger partial charge in [0.05, 0.1) is 19.3 Å². The van der Waals surface area contributed by atoms with E-state index in [0.717, 1.165) is 30.4 Å². The molecule has 0 saturated carbocycles. The molecule has 5 nitrogen and oxygen atoms in total. The highest BCUT2D eigenvalue weighted by Gasteiger charge is 2.25. The Morgan fingerprint density at radius 3 is 2.87 bits per heavy atom. The van der Waals surface area contributed by atoms with Gasteiger partial charge in [-0.3, -0.25) is 0 Å². The molecule has 1 atom stereocenters. The molecule has 0 aromatic heterocycles. The molecule has 23 heavy (non-hydrogen) atoms. The van der Waals surface area contributed by atoms with Crippen molar-refractivity contribution in [3.05, 3.63) is 29.3 Å². The highest BCUT2D eigenvalue weighted by molar-refractivity contribution is 5.75. The topological polar surface area (TPSA) is 50.8 Å². The molecule has 3 rings (SSSR count). The molecule has 1 heterocycles. The molecule has 0 radical (unpaired) electrons. The number of ether oxygens (including phenoxy) is 2. The minimum atomic E-state index is -2.83. The molecule has 1 aliphatic carbocycles. The maximum atomic E-state index is 12.3. The molecule has 0 spiro atoms. The summed E-state index contributed by atoms with van der Waals surface area (Å²) in [5.41, 5.74) is 1.95. The Balaban J connectivity index is 1.69. The van der Waals surface area contributed by atoms with Gasteiger partial charge in [-0.05, 0) is 42.5 Å². The Kier molecular flexibility index (Phi) is 4.95. The predicted molar refractivity (Wildman–Crippen MR) is 79.7 cm³/mol. The van der Waals surface area contributed by atoms with Crippen molar-refractivity contribution in [3.8, 4) is 5.75 Å². The quantitative estimate of drug-likeness (QED) is 0.929. The third-order valence-electron chi connectivity index (χ3n) is 4.25. The zero-order chi connectivity index (χ0) is 16.2. The zero-order valence-electron chi connectivity index (χ0n) is 12.8. The fourth-order valence-corrected chi connectivity index (χ4v) is 3.12. The first-order valence-electron chi connectivity index (χ1n) is 7.84. The average Bonchev–Trinajstić information content (AvgIpc) is 2.55. The normalized spacial score (nSPS) is 21.0. The molecular formula is C16H20F2N2O3. The van der Waals surface area contributed by atoms with Crippen molar-refractivity contribution in [1.29, 1.82) is 0 Å². The number of urea groups is 1. The van der Waals surface area contributed by atoms with Crippen LogP contribution in [0.2, 0.25) is 0 Å². The van der Waals surface area contributed by atoms with Gasteiger partial charge in [0.25, 0.3) is 0 Å². The van der Waals surface area contributed by atoms with E-state index in [1.165, 1.54) is 6.07 Å². The van der Waals surface area contributed by atoms with Gasteiger partial charge < -0.3 is 19.7 Å². The lowest BCUT2D eigenvalue weighted by Gasteiger charge is -2.32. The van der Waals surface area contributed by atoms with Crippen LogP contribution in [0.5, 0.6) is 5.75 Å². The Morgan fingerprint density at radius 2 is 2.13 bits per heavy atom. The van der Waals surface area contributed by atoms with Gasteiger partial charge >= 0.3 is 12.6 Å². The van der Waals surface area contributed by atoms with E-state index in [1.54, 1.807) is 17.0 Å². The lowest BCUT2D eigenvalue weighted by atomic mass is 9.87. The molecule has 1 unspecified atom stereocenters. The van der Waals surface area contributed by atoms with Crippen molar-refractivity contribution in [3.63, 3.8) is 0 Å². The predicted octanol–water partition coefficient (Wildman–Crippen LogP) is 2.71. The second-order valence-corrected chi connectivity index (χ2v) is 5.73. The fraction of sp³-hybridized carbons (Fsp3) is 0.562. The van der Waals surface area contributed by atoms with Crippen LogP contribution in [0.4, 0.5) is 13.6 Å². The first kappa shape index (κ1) is 16.0. The fourth-order valence-electron chi connectivity index (χ4n) is 3.12. The molecule has 126 valence electrons. The maximum absolute atomic E-state index is 12.3. The van der Waals surface area contributed by atoms with Crippen LogP contribution in [-0.4, -0.2) is 43.8 Å². The number of rotatable bonds is 3. The lowest BCUT2D eigenvalue weighted by Crippen LogP contribution is -2.47. The van der Waals surface area contributed by atoms with Crippen LogP contribution in [0.15, 0.2) is 18.2 Å². The van der Waals surface area contributed by atoms with Crippen LogP contribution < -0.4 is 10.1 Å². The van der Waals surface area contributed by atoms with Crippen molar-refractivity contribution in [2.24, 2.45) is 0 Å². The number of alkyl halides is 2. The second kappa shape index (κ2) is 7.12. The molecule has 1 aromatic rings. The van der Waals surface area contributed by atoms with Gasteiger partial charge in [0, 0.05) is 13.1 Å². The second-order valence-electron chi connectivity index (χ2n) is 5.73. The molecule has 1 fully saturated rings. The van der Waals surface area contributed by atoms with E-state index in [1.807, 2.05) is 0 Å². The number of amides is 2. The van der Waals surface area contributed by atoms with Gasteiger partial charge in [-0.25, -0.2) is 4.79 Å². The van der Waals surface area contributed by atoms with E-state index >= 15 is 0 Å². The van der Waals surface area contributed by atoms with Crippen molar-refractivity contribution in [2.75, 3.05) is 26.3 Å². The van der Waals surface area contributed by atoms with Crippen LogP contribution in [0.25, 0.3) is 0 Å². The summed E-state index contributed by atoms with van der Waals surface area (Å²) in [6.07, 6.45) is 2.55. The van der Waals surface area contributed by atoms with E-state index in [9.17, 15) is 13.6 Å². The highest BCUT2D eigenvalue weighted by Crippen LogP contribution is 2.32. The van der Waals surface area contributed by atoms with E-state index < -0.39 is 6.61 Å². The Hall–Kier alpha value is -1.89. The minimum absolute atomic E-state index is 0.0882. The molecular weight excluding hydrogens is 306 g/mol. The highest BCUT2D eigenvalue weighted by atomic mass is 19.3. The SMILES string of the molecule is O=C(NC1CCCc2cc(OC(F)F)ccc21)N1CCOCC1. The van der Waals surface area contributed by atoms with Crippen molar-refractivity contribution in [2.45, 2.75) is 31.9 Å². The van der Waals surface area contributed by atoms with Gasteiger partial charge in [0.1, 0.15) is 5.75 Å². The molecule has 2 aliphatic rings. The largest absolute Gasteiger partial charge is 0.435 e. The summed E-state index contributed by atoms with van der Waals surface area (Å²) < 4.78 is 34.3. The monoisotopic (exact) mass is 326 g/mol. The number of fused-ring (bicyclic) bond motifs is 1. The van der Waals surface area contributed by atoms with Crippen molar-refractivity contribution in [1.82, 2.24) is 10.2 Å². The van der Waals surface area contributed by atoms with Gasteiger partial charge in [0.2, 0.25) is 0 Å². The van der Waals surface area contributed by atoms with E-state index in [2.05, 4.69) is 10.1 Å². The molecule has 1 aromatic carbocycles. The number of carbonyl (C=O) groups is 1. The summed E-state index contributed by atoms with van der Waals surface area (Å²) in [7, 11) is 0. The number of benzene rings is 1. The van der Waals surface area contributed by atoms with Crippen LogP contribution in [0.3, 0.4) is 0 Å². The van der Waals surface area contributed by atoms with Crippen LogP contribution in [-0.2, 0) is 11.2 Å². The smallest absolute Gasteiger partial charge is 0.387 e. The molecule has 1 saturated heterocycles. The zero-order valence-corrected chi connectivity index (χ0v) is 12.8. The number of morpholine rings is 1. The third kappa shape index (κ3) is 3.90. The van der Waals surface area contributed by atoms with E-state index in [0.29, 0.717) is 26.3 Å². The number of hydrogen-bond acceptors (Lipinski definition) is 3. The van der Waals surface area contributed by atoms with Crippen molar-refractivity contribution < 1.29 is 23.0 Å². The number of hydrogen-bond donors (Lipinski definition) is 1. The lowest BCUT2D eigenvalue weighted by molar-refractivity contribution is -0.0499. The molecule has 0 bridgehead atoms. The summed E-state index contributed by atoms with van der Waals surface area (Å²) in [4.78, 5) is 14.1. The molecule has 7 heteroatoms. The Bertz CT molecular complexity index is 562. The number of halogens is 2. The van der Waals surface area contributed by atoms with Crippen molar-refractivity contribution >= 4 is 6.03 Å². The molecule has 1 aliphatic heterocycles. The number of nitrogens with zero attached hydrogens (tertiary/aromatic N) is 1. The first-order chi connectivity index (χ1) is 11.1. The average molecular weight is 326 g/mol. The maximum Gasteiger partial charge on any atom is 0.387 e. The Morgan fingerprint density at radius 1 is 1.35 bits per heavy atom. The van der Waals surface area contributed by atoms with Crippen LogP contribution >= 0.6 is 0 Å². The molecule has 2 amide bonds. The van der Waals surface area contributed by atoms with Crippen LogP contribution in [0.1, 0.15) is 30.0 Å². The summed E-state index contributed by atoms with van der Waals surface area (Å²) in [5.74, 6) is 0.166. The standard InChI is InChI=1S/C16H20F2N2O3/c17-15(18)23-12-4-5-13-11(10-12)2-1-3-14(13)19-16(21)20-6-8-22-9-7-20/h4-5,10,14-15H,1-3,6-9H2,(H,19,21). The summed E-state index contributed by atoms with van der Waals surface area (Å²) >= 11 is 0. The summed E-state index contributed by atoms with van der Waals surface area (Å²) in [6, 6.07) is 4.77. The number of nitrogens with one attached hydrogen (secondary N) is 1. The molecule has 1 N–H and O–H groups in total. The minimum Gasteiger partial charge on any atom is -0.435 e.